The number of carbonyl (C=O) groups is 1. The lowest BCUT2D eigenvalue weighted by atomic mass is 9.96. The zero-order valence-corrected chi connectivity index (χ0v) is 16.2. The van der Waals surface area contributed by atoms with Gasteiger partial charge in [-0.3, -0.25) is 0 Å². The second kappa shape index (κ2) is 8.40. The summed E-state index contributed by atoms with van der Waals surface area (Å²) in [5.74, 6) is 1.31. The molecule has 1 unspecified atom stereocenters. The Kier molecular flexibility index (Phi) is 5.98. The zero-order chi connectivity index (χ0) is 18.5. The molecule has 138 valence electrons. The van der Waals surface area contributed by atoms with E-state index in [2.05, 4.69) is 22.3 Å². The number of anilines is 1. The average molecular weight is 372 g/mol. The molecule has 0 aliphatic carbocycles. The normalized spacial score (nSPS) is 16.2. The summed E-state index contributed by atoms with van der Waals surface area (Å²) in [4.78, 5) is 17.2. The fraction of sp³-hybridized carbons (Fsp3) is 0.421. The molecule has 0 fully saturated rings. The van der Waals surface area contributed by atoms with E-state index in [0.29, 0.717) is 18.1 Å². The Balaban J connectivity index is 2.01. The van der Waals surface area contributed by atoms with Crippen LogP contribution in [0.4, 0.5) is 5.95 Å². The highest BCUT2D eigenvalue weighted by Gasteiger charge is 2.34. The second-order valence-corrected chi connectivity index (χ2v) is 7.12. The van der Waals surface area contributed by atoms with Gasteiger partial charge in [0.05, 0.1) is 12.2 Å². The minimum atomic E-state index is -0.348. The van der Waals surface area contributed by atoms with Crippen molar-refractivity contribution in [3.05, 3.63) is 47.2 Å². The van der Waals surface area contributed by atoms with Gasteiger partial charge in [-0.25, -0.2) is 9.48 Å². The minimum Gasteiger partial charge on any atom is -0.463 e. The molecule has 1 aliphatic heterocycles. The average Bonchev–Trinajstić information content (AvgIpc) is 3.03. The highest BCUT2D eigenvalue weighted by Crippen LogP contribution is 2.36. The fourth-order valence-corrected chi connectivity index (χ4v) is 3.83. The molecule has 1 aromatic carbocycles. The van der Waals surface area contributed by atoms with Crippen LogP contribution in [0.3, 0.4) is 0 Å². The first-order chi connectivity index (χ1) is 12.7. The number of benzene rings is 1. The summed E-state index contributed by atoms with van der Waals surface area (Å²) < 4.78 is 7.10. The van der Waals surface area contributed by atoms with E-state index in [-0.39, 0.29) is 12.0 Å². The molecule has 2 aromatic rings. The van der Waals surface area contributed by atoms with Gasteiger partial charge in [-0.2, -0.15) is 4.98 Å². The monoisotopic (exact) mass is 372 g/mol. The smallest absolute Gasteiger partial charge is 0.338 e. The van der Waals surface area contributed by atoms with Crippen molar-refractivity contribution in [2.75, 3.05) is 17.7 Å². The molecule has 0 saturated heterocycles. The third-order valence-corrected chi connectivity index (χ3v) is 5.10. The number of thioether (sulfide) groups is 1. The summed E-state index contributed by atoms with van der Waals surface area (Å²) in [6.07, 6.45) is 2.26. The molecule has 6 nitrogen and oxygen atoms in total. The van der Waals surface area contributed by atoms with Crippen LogP contribution in [0.2, 0.25) is 0 Å². The van der Waals surface area contributed by atoms with E-state index in [4.69, 9.17) is 4.74 Å². The van der Waals surface area contributed by atoms with Crippen LogP contribution < -0.4 is 5.32 Å². The van der Waals surface area contributed by atoms with E-state index in [1.54, 1.807) is 16.4 Å². The van der Waals surface area contributed by atoms with Crippen molar-refractivity contribution in [2.45, 2.75) is 44.8 Å². The molecule has 0 spiro atoms. The Morgan fingerprint density at radius 1 is 1.31 bits per heavy atom. The van der Waals surface area contributed by atoms with Gasteiger partial charge >= 0.3 is 5.97 Å². The number of hydrogen-bond acceptors (Lipinski definition) is 6. The van der Waals surface area contributed by atoms with Crippen molar-refractivity contribution in [2.24, 2.45) is 0 Å². The number of nitrogens with one attached hydrogen (secondary N) is 1. The van der Waals surface area contributed by atoms with Gasteiger partial charge in [0.15, 0.2) is 0 Å². The number of aromatic nitrogens is 3. The van der Waals surface area contributed by atoms with Gasteiger partial charge in [-0.15, -0.1) is 5.10 Å². The van der Waals surface area contributed by atoms with Gasteiger partial charge in [0.2, 0.25) is 11.1 Å². The van der Waals surface area contributed by atoms with Crippen LogP contribution in [-0.2, 0) is 9.53 Å². The molecule has 2 heterocycles. The third kappa shape index (κ3) is 3.77. The first-order valence-electron chi connectivity index (χ1n) is 8.94. The van der Waals surface area contributed by atoms with Crippen molar-refractivity contribution in [3.8, 4) is 0 Å². The predicted molar refractivity (Wildman–Crippen MR) is 103 cm³/mol. The molecule has 3 rings (SSSR count). The van der Waals surface area contributed by atoms with Gasteiger partial charge in [0, 0.05) is 11.4 Å². The molecule has 1 N–H and O–H groups in total. The number of fused-ring (bicyclic) bond motifs is 1. The van der Waals surface area contributed by atoms with E-state index in [0.717, 1.165) is 35.0 Å². The number of rotatable bonds is 7. The number of ether oxygens (including phenoxy) is 1. The van der Waals surface area contributed by atoms with Gasteiger partial charge in [-0.05, 0) is 25.8 Å². The Morgan fingerprint density at radius 3 is 2.77 bits per heavy atom. The van der Waals surface area contributed by atoms with Crippen molar-refractivity contribution in [1.82, 2.24) is 14.8 Å². The summed E-state index contributed by atoms with van der Waals surface area (Å²) in [6.45, 7) is 6.19. The van der Waals surface area contributed by atoms with Crippen LogP contribution in [0.5, 0.6) is 0 Å². The number of unbranched alkanes of at least 4 members (excludes halogenated alkanes) is 1. The largest absolute Gasteiger partial charge is 0.463 e. The lowest BCUT2D eigenvalue weighted by Crippen LogP contribution is -2.29. The Labute approximate surface area is 158 Å². The molecule has 0 bridgehead atoms. The molecular formula is C19H24N4O2S. The van der Waals surface area contributed by atoms with E-state index in [1.807, 2.05) is 44.2 Å². The van der Waals surface area contributed by atoms with Crippen LogP contribution >= 0.6 is 11.8 Å². The van der Waals surface area contributed by atoms with Gasteiger partial charge in [0.1, 0.15) is 6.04 Å². The molecule has 26 heavy (non-hydrogen) atoms. The van der Waals surface area contributed by atoms with Gasteiger partial charge in [-0.1, -0.05) is 55.4 Å². The highest BCUT2D eigenvalue weighted by atomic mass is 32.2. The predicted octanol–water partition coefficient (Wildman–Crippen LogP) is 4.02. The molecular weight excluding hydrogens is 348 g/mol. The van der Waals surface area contributed by atoms with Gasteiger partial charge in [0.25, 0.3) is 0 Å². The maximum atomic E-state index is 12.6. The van der Waals surface area contributed by atoms with E-state index in [9.17, 15) is 4.79 Å². The molecule has 1 atom stereocenters. The number of allylic oxidation sites excluding steroid dienone is 1. The summed E-state index contributed by atoms with van der Waals surface area (Å²) in [5.41, 5.74) is 2.30. The van der Waals surface area contributed by atoms with Crippen molar-refractivity contribution >= 4 is 23.7 Å². The van der Waals surface area contributed by atoms with Crippen molar-refractivity contribution in [3.63, 3.8) is 0 Å². The zero-order valence-electron chi connectivity index (χ0n) is 15.4. The number of carbonyl (C=O) groups excluding carboxylic acids is 1. The van der Waals surface area contributed by atoms with E-state index < -0.39 is 0 Å². The third-order valence-electron chi connectivity index (χ3n) is 4.17. The Hall–Kier alpha value is -2.28. The molecule has 0 radical (unpaired) electrons. The number of hydrogen-bond donors (Lipinski definition) is 1. The Morgan fingerprint density at radius 2 is 2.08 bits per heavy atom. The van der Waals surface area contributed by atoms with Crippen LogP contribution in [0.1, 0.15) is 45.2 Å². The maximum Gasteiger partial charge on any atom is 0.338 e. The topological polar surface area (TPSA) is 69.0 Å². The summed E-state index contributed by atoms with van der Waals surface area (Å²) in [6, 6.07) is 9.53. The lowest BCUT2D eigenvalue weighted by molar-refractivity contribution is -0.139. The van der Waals surface area contributed by atoms with E-state index >= 15 is 0 Å². The van der Waals surface area contributed by atoms with Crippen LogP contribution in [0.25, 0.3) is 0 Å². The highest BCUT2D eigenvalue weighted by molar-refractivity contribution is 7.99. The quantitative estimate of drug-likeness (QED) is 0.450. The van der Waals surface area contributed by atoms with Crippen LogP contribution in [0, 0.1) is 0 Å². The minimum absolute atomic E-state index is 0.326. The van der Waals surface area contributed by atoms with Crippen molar-refractivity contribution in [1.29, 1.82) is 0 Å². The molecule has 0 saturated carbocycles. The maximum absolute atomic E-state index is 12.6. The fourth-order valence-electron chi connectivity index (χ4n) is 2.92. The van der Waals surface area contributed by atoms with Crippen LogP contribution in [-0.4, -0.2) is 33.1 Å². The standard InChI is InChI=1S/C19H24N4O2S/c1-4-6-12-26-19-21-18-20-13(3)15(17(24)25-5-2)16(23(18)22-19)14-10-8-7-9-11-14/h7-11,16H,4-6,12H2,1-3H3,(H,20,21,22). The summed E-state index contributed by atoms with van der Waals surface area (Å²) in [5, 5.41) is 8.61. The first kappa shape index (κ1) is 18.5. The molecule has 7 heteroatoms. The summed E-state index contributed by atoms with van der Waals surface area (Å²) in [7, 11) is 0. The number of nitrogens with zero attached hydrogens (tertiary/aromatic N) is 3. The molecule has 0 amide bonds. The first-order valence-corrected chi connectivity index (χ1v) is 9.93. The second-order valence-electron chi connectivity index (χ2n) is 6.06. The molecule has 1 aromatic heterocycles. The summed E-state index contributed by atoms with van der Waals surface area (Å²) >= 11 is 1.64. The number of esters is 1. The lowest BCUT2D eigenvalue weighted by Gasteiger charge is -2.28. The van der Waals surface area contributed by atoms with Crippen LogP contribution in [0.15, 0.2) is 46.8 Å². The SMILES string of the molecule is CCCCSc1nc2n(n1)C(c1ccccc1)C(C(=O)OCC)=C(C)N2. The van der Waals surface area contributed by atoms with Crippen molar-refractivity contribution < 1.29 is 9.53 Å². The molecule has 1 aliphatic rings. The Bertz CT molecular complexity index is 801. The van der Waals surface area contributed by atoms with E-state index in [1.165, 1.54) is 0 Å². The van der Waals surface area contributed by atoms with Gasteiger partial charge < -0.3 is 10.1 Å².